The third kappa shape index (κ3) is 4.90. The number of rotatable bonds is 6. The summed E-state index contributed by atoms with van der Waals surface area (Å²) in [6.45, 7) is 1.14. The van der Waals surface area contributed by atoms with Crippen LogP contribution in [-0.2, 0) is 16.2 Å². The van der Waals surface area contributed by atoms with Gasteiger partial charge in [0.15, 0.2) is 0 Å². The van der Waals surface area contributed by atoms with Gasteiger partial charge < -0.3 is 24.7 Å². The number of hydrogen-bond acceptors (Lipinski definition) is 6. The molecule has 2 aliphatic heterocycles. The second-order valence-corrected chi connectivity index (χ2v) is 8.29. The minimum absolute atomic E-state index is 0.0548. The third-order valence-corrected chi connectivity index (χ3v) is 6.12. The lowest BCUT2D eigenvalue weighted by atomic mass is 10.0. The molecule has 7 nitrogen and oxygen atoms in total. The molecule has 1 saturated carbocycles. The van der Waals surface area contributed by atoms with Crippen LogP contribution in [0.2, 0.25) is 0 Å². The van der Waals surface area contributed by atoms with Crippen LogP contribution in [0.3, 0.4) is 0 Å². The Kier molecular flexibility index (Phi) is 6.35. The largest absolute Gasteiger partial charge is 0.490 e. The Hall–Kier alpha value is -2.12. The number of carbonyl (C=O) groups is 1. The molecule has 29 heavy (non-hydrogen) atoms. The lowest BCUT2D eigenvalue weighted by molar-refractivity contribution is -0.135. The maximum Gasteiger partial charge on any atom is 0.226 e. The van der Waals surface area contributed by atoms with E-state index in [2.05, 4.69) is 5.16 Å². The highest BCUT2D eigenvalue weighted by Gasteiger charge is 2.29. The van der Waals surface area contributed by atoms with E-state index in [-0.39, 0.29) is 30.8 Å². The number of benzene rings is 1. The van der Waals surface area contributed by atoms with Crippen molar-refractivity contribution < 1.29 is 24.6 Å². The summed E-state index contributed by atoms with van der Waals surface area (Å²) >= 11 is 0. The molecule has 3 aliphatic rings. The van der Waals surface area contributed by atoms with Gasteiger partial charge in [-0.3, -0.25) is 4.79 Å². The minimum atomic E-state index is -0.292. The van der Waals surface area contributed by atoms with E-state index in [1.54, 1.807) is 4.90 Å². The van der Waals surface area contributed by atoms with E-state index in [0.29, 0.717) is 44.5 Å². The molecule has 2 fully saturated rings. The van der Waals surface area contributed by atoms with E-state index in [1.807, 2.05) is 18.2 Å². The Bertz CT molecular complexity index is 752. The normalized spacial score (nSPS) is 23.2. The smallest absolute Gasteiger partial charge is 0.226 e. The van der Waals surface area contributed by atoms with Crippen LogP contribution in [0.15, 0.2) is 23.4 Å². The molecule has 1 aliphatic carbocycles. The van der Waals surface area contributed by atoms with Crippen molar-refractivity contribution in [3.8, 4) is 5.75 Å². The molecule has 4 rings (SSSR count). The number of nitrogens with zero attached hydrogens (tertiary/aromatic N) is 2. The number of amides is 1. The first-order valence-electron chi connectivity index (χ1n) is 10.7. The molecule has 1 aromatic rings. The molecular weight excluding hydrogens is 372 g/mol. The maximum atomic E-state index is 12.5. The maximum absolute atomic E-state index is 12.5. The van der Waals surface area contributed by atoms with Crippen molar-refractivity contribution in [2.45, 2.75) is 76.3 Å². The Morgan fingerprint density at radius 2 is 1.97 bits per heavy atom. The molecule has 1 amide bonds. The van der Waals surface area contributed by atoms with Gasteiger partial charge in [0.25, 0.3) is 0 Å². The molecule has 0 radical (unpaired) electrons. The van der Waals surface area contributed by atoms with E-state index < -0.39 is 0 Å². The van der Waals surface area contributed by atoms with Crippen molar-refractivity contribution in [3.05, 3.63) is 29.3 Å². The number of ether oxygens (including phenoxy) is 1. The van der Waals surface area contributed by atoms with Crippen LogP contribution in [0.25, 0.3) is 0 Å². The van der Waals surface area contributed by atoms with Crippen LogP contribution in [0.4, 0.5) is 0 Å². The highest BCUT2D eigenvalue weighted by Crippen LogP contribution is 2.30. The van der Waals surface area contributed by atoms with Crippen molar-refractivity contribution in [3.63, 3.8) is 0 Å². The quantitative estimate of drug-likeness (QED) is 0.762. The van der Waals surface area contributed by atoms with Gasteiger partial charge in [0, 0.05) is 30.6 Å². The van der Waals surface area contributed by atoms with Crippen molar-refractivity contribution >= 4 is 11.6 Å². The Morgan fingerprint density at radius 3 is 2.69 bits per heavy atom. The first kappa shape index (κ1) is 20.2. The minimum Gasteiger partial charge on any atom is -0.490 e. The zero-order chi connectivity index (χ0) is 20.2. The number of hydrogen-bond donors (Lipinski definition) is 2. The highest BCUT2D eigenvalue weighted by molar-refractivity contribution is 6.02. The van der Waals surface area contributed by atoms with Gasteiger partial charge in [0.1, 0.15) is 11.9 Å². The predicted molar refractivity (Wildman–Crippen MR) is 108 cm³/mol. The van der Waals surface area contributed by atoms with Gasteiger partial charge in [-0.15, -0.1) is 0 Å². The fourth-order valence-electron chi connectivity index (χ4n) is 4.31. The topological polar surface area (TPSA) is 91.6 Å². The van der Waals surface area contributed by atoms with Crippen LogP contribution < -0.4 is 4.74 Å². The lowest BCUT2D eigenvalue weighted by Gasteiger charge is -2.30. The SMILES string of the molecule is O=C(CC1CC(c2ccc(CO)c(OC3CCCC3)c2)=NO1)N1CCC(O)CC1. The Balaban J connectivity index is 1.36. The van der Waals surface area contributed by atoms with Gasteiger partial charge in [-0.2, -0.15) is 0 Å². The molecule has 2 N–H and O–H groups in total. The average molecular weight is 402 g/mol. The molecule has 7 heteroatoms. The van der Waals surface area contributed by atoms with Gasteiger partial charge in [-0.05, 0) is 44.6 Å². The monoisotopic (exact) mass is 402 g/mol. The van der Waals surface area contributed by atoms with E-state index in [1.165, 1.54) is 12.8 Å². The zero-order valence-electron chi connectivity index (χ0n) is 16.8. The molecule has 158 valence electrons. The van der Waals surface area contributed by atoms with Gasteiger partial charge >= 0.3 is 0 Å². The molecule has 1 aromatic carbocycles. The van der Waals surface area contributed by atoms with Crippen LogP contribution in [0.1, 0.15) is 62.5 Å². The molecule has 1 unspecified atom stereocenters. The molecule has 0 spiro atoms. The second-order valence-electron chi connectivity index (χ2n) is 8.29. The summed E-state index contributed by atoms with van der Waals surface area (Å²) in [6, 6.07) is 5.73. The standard InChI is InChI=1S/C22H30N2O5/c25-14-16-6-5-15(11-21(16)28-18-3-1-2-4-18)20-12-19(29-23-20)13-22(27)24-9-7-17(26)8-10-24/h5-6,11,17-19,25-26H,1-4,7-10,12-14H2. The van der Waals surface area contributed by atoms with Crippen molar-refractivity contribution in [2.75, 3.05) is 13.1 Å². The molecule has 2 heterocycles. The number of piperidine rings is 1. The van der Waals surface area contributed by atoms with Gasteiger partial charge in [0.2, 0.25) is 5.91 Å². The summed E-state index contributed by atoms with van der Waals surface area (Å²) in [5, 5.41) is 23.4. The summed E-state index contributed by atoms with van der Waals surface area (Å²) in [4.78, 5) is 19.8. The fraction of sp³-hybridized carbons (Fsp3) is 0.636. The summed E-state index contributed by atoms with van der Waals surface area (Å²) in [5.74, 6) is 0.769. The Morgan fingerprint density at radius 1 is 1.21 bits per heavy atom. The summed E-state index contributed by atoms with van der Waals surface area (Å²) < 4.78 is 6.14. The second kappa shape index (κ2) is 9.13. The third-order valence-electron chi connectivity index (χ3n) is 6.12. The molecule has 0 aromatic heterocycles. The van der Waals surface area contributed by atoms with Gasteiger partial charge in [-0.25, -0.2) is 0 Å². The van der Waals surface area contributed by atoms with Gasteiger partial charge in [-0.1, -0.05) is 17.3 Å². The number of aliphatic hydroxyl groups is 2. The van der Waals surface area contributed by atoms with Crippen LogP contribution in [0.5, 0.6) is 5.75 Å². The lowest BCUT2D eigenvalue weighted by Crippen LogP contribution is -2.41. The molecule has 1 saturated heterocycles. The summed E-state index contributed by atoms with van der Waals surface area (Å²) in [6.07, 6.45) is 6.28. The Labute approximate surface area is 171 Å². The van der Waals surface area contributed by atoms with E-state index in [0.717, 1.165) is 29.7 Å². The van der Waals surface area contributed by atoms with Crippen molar-refractivity contribution in [1.82, 2.24) is 4.90 Å². The van der Waals surface area contributed by atoms with Crippen LogP contribution in [-0.4, -0.2) is 58.1 Å². The molecule has 0 bridgehead atoms. The first-order chi connectivity index (χ1) is 14.1. The number of oxime groups is 1. The van der Waals surface area contributed by atoms with Crippen LogP contribution >= 0.6 is 0 Å². The van der Waals surface area contributed by atoms with Crippen molar-refractivity contribution in [1.29, 1.82) is 0 Å². The van der Waals surface area contributed by atoms with Gasteiger partial charge in [0.05, 0.1) is 30.9 Å². The molecular formula is C22H30N2O5. The first-order valence-corrected chi connectivity index (χ1v) is 10.7. The molecule has 1 atom stereocenters. The number of likely N-dealkylation sites (tertiary alicyclic amines) is 1. The van der Waals surface area contributed by atoms with Crippen molar-refractivity contribution in [2.24, 2.45) is 5.16 Å². The highest BCUT2D eigenvalue weighted by atomic mass is 16.6. The average Bonchev–Trinajstić information content (AvgIpc) is 3.40. The van der Waals surface area contributed by atoms with E-state index >= 15 is 0 Å². The fourth-order valence-corrected chi connectivity index (χ4v) is 4.31. The zero-order valence-corrected chi connectivity index (χ0v) is 16.8. The number of carbonyl (C=O) groups excluding carboxylic acids is 1. The summed E-state index contributed by atoms with van der Waals surface area (Å²) in [5.41, 5.74) is 2.49. The summed E-state index contributed by atoms with van der Waals surface area (Å²) in [7, 11) is 0. The van der Waals surface area contributed by atoms with E-state index in [4.69, 9.17) is 9.57 Å². The van der Waals surface area contributed by atoms with E-state index in [9.17, 15) is 15.0 Å². The number of aliphatic hydroxyl groups excluding tert-OH is 2. The predicted octanol–water partition coefficient (Wildman–Crippen LogP) is 2.37. The van der Waals surface area contributed by atoms with Crippen LogP contribution in [0, 0.1) is 0 Å².